The first kappa shape index (κ1) is 29.7. The SMILES string of the molecule is O=C(CCCCC(=O)Nc1cccc(NC(=O)Cc2ccccc2)c1)Nc1cccc(NC(=O)Cc2ccccc2)c1. The number of anilines is 4. The lowest BCUT2D eigenvalue weighted by atomic mass is 10.1. The molecule has 42 heavy (non-hydrogen) atoms. The van der Waals surface area contributed by atoms with Gasteiger partial charge in [0.1, 0.15) is 0 Å². The molecule has 4 amide bonds. The van der Waals surface area contributed by atoms with Crippen molar-refractivity contribution < 1.29 is 19.2 Å². The Morgan fingerprint density at radius 3 is 1.10 bits per heavy atom. The normalized spacial score (nSPS) is 10.4. The molecule has 214 valence electrons. The van der Waals surface area contributed by atoms with E-state index in [-0.39, 0.29) is 49.3 Å². The number of amides is 4. The minimum Gasteiger partial charge on any atom is -0.326 e. The van der Waals surface area contributed by atoms with Crippen molar-refractivity contribution >= 4 is 46.4 Å². The standard InChI is InChI=1S/C34H34N4O4/c39-31(35-27-15-9-17-29(23-27)37-33(41)21-25-11-3-1-4-12-25)19-7-8-20-32(40)36-28-16-10-18-30(24-28)38-34(42)22-26-13-5-2-6-14-26/h1-6,9-18,23-24H,7-8,19-22H2,(H,35,39)(H,36,40)(H,37,41)(H,38,42). The van der Waals surface area contributed by atoms with Gasteiger partial charge in [0.15, 0.2) is 0 Å². The van der Waals surface area contributed by atoms with Crippen LogP contribution >= 0.6 is 0 Å². The van der Waals surface area contributed by atoms with Crippen LogP contribution < -0.4 is 21.3 Å². The minimum absolute atomic E-state index is 0.137. The molecule has 0 atom stereocenters. The maximum atomic E-state index is 12.4. The van der Waals surface area contributed by atoms with E-state index in [1.165, 1.54) is 0 Å². The largest absolute Gasteiger partial charge is 0.326 e. The highest BCUT2D eigenvalue weighted by molar-refractivity contribution is 5.96. The van der Waals surface area contributed by atoms with Gasteiger partial charge in [-0.05, 0) is 60.4 Å². The first-order chi connectivity index (χ1) is 20.4. The molecule has 4 rings (SSSR count). The van der Waals surface area contributed by atoms with Crippen molar-refractivity contribution in [1.82, 2.24) is 0 Å². The van der Waals surface area contributed by atoms with E-state index in [0.717, 1.165) is 11.1 Å². The molecule has 0 bridgehead atoms. The summed E-state index contributed by atoms with van der Waals surface area (Å²) >= 11 is 0. The highest BCUT2D eigenvalue weighted by Crippen LogP contribution is 2.18. The maximum absolute atomic E-state index is 12.4. The number of nitrogens with one attached hydrogen (secondary N) is 4. The number of rotatable bonds is 13. The summed E-state index contributed by atoms with van der Waals surface area (Å²) in [6.45, 7) is 0. The molecule has 0 radical (unpaired) electrons. The quantitative estimate of drug-likeness (QED) is 0.146. The van der Waals surface area contributed by atoms with E-state index in [2.05, 4.69) is 21.3 Å². The lowest BCUT2D eigenvalue weighted by Gasteiger charge is -2.10. The van der Waals surface area contributed by atoms with Gasteiger partial charge in [-0.2, -0.15) is 0 Å². The smallest absolute Gasteiger partial charge is 0.228 e. The number of benzene rings is 4. The van der Waals surface area contributed by atoms with Gasteiger partial charge in [0.05, 0.1) is 12.8 Å². The molecule has 4 aromatic rings. The van der Waals surface area contributed by atoms with Crippen LogP contribution in [-0.4, -0.2) is 23.6 Å². The number of carbonyl (C=O) groups is 4. The van der Waals surface area contributed by atoms with Crippen LogP contribution in [0.25, 0.3) is 0 Å². The van der Waals surface area contributed by atoms with Gasteiger partial charge in [-0.25, -0.2) is 0 Å². The van der Waals surface area contributed by atoms with E-state index in [9.17, 15) is 19.2 Å². The Balaban J connectivity index is 1.14. The molecule has 8 nitrogen and oxygen atoms in total. The topological polar surface area (TPSA) is 116 Å². The predicted molar refractivity (Wildman–Crippen MR) is 166 cm³/mol. The Bertz CT molecular complexity index is 1390. The summed E-state index contributed by atoms with van der Waals surface area (Å²) in [4.78, 5) is 49.5. The first-order valence-electron chi connectivity index (χ1n) is 13.9. The van der Waals surface area contributed by atoms with E-state index < -0.39 is 0 Å². The molecule has 4 aromatic carbocycles. The first-order valence-corrected chi connectivity index (χ1v) is 13.9. The predicted octanol–water partition coefficient (Wildman–Crippen LogP) is 6.19. The summed E-state index contributed by atoms with van der Waals surface area (Å²) in [5.41, 5.74) is 4.22. The average molecular weight is 563 g/mol. The van der Waals surface area contributed by atoms with Crippen LogP contribution in [0.5, 0.6) is 0 Å². The zero-order chi connectivity index (χ0) is 29.6. The molecule has 0 saturated heterocycles. The molecule has 0 aliphatic rings. The van der Waals surface area contributed by atoms with Crippen LogP contribution in [0.2, 0.25) is 0 Å². The number of unbranched alkanes of at least 4 members (excludes halogenated alkanes) is 1. The van der Waals surface area contributed by atoms with E-state index in [1.807, 2.05) is 60.7 Å². The Morgan fingerprint density at radius 2 is 0.738 bits per heavy atom. The summed E-state index contributed by atoms with van der Waals surface area (Å²) in [6, 6.07) is 33.0. The van der Waals surface area contributed by atoms with Crippen LogP contribution in [0.4, 0.5) is 22.7 Å². The zero-order valence-electron chi connectivity index (χ0n) is 23.3. The fourth-order valence-corrected chi connectivity index (χ4v) is 4.34. The molecule has 0 aromatic heterocycles. The van der Waals surface area contributed by atoms with Gasteiger partial charge >= 0.3 is 0 Å². The molecule has 8 heteroatoms. The Morgan fingerprint density at radius 1 is 0.405 bits per heavy atom. The lowest BCUT2D eigenvalue weighted by molar-refractivity contribution is -0.118. The van der Waals surface area contributed by atoms with Crippen molar-refractivity contribution in [2.24, 2.45) is 0 Å². The van der Waals surface area contributed by atoms with Crippen molar-refractivity contribution in [2.45, 2.75) is 38.5 Å². The summed E-state index contributed by atoms with van der Waals surface area (Å²) in [6.07, 6.45) is 2.15. The second kappa shape index (κ2) is 15.5. The highest BCUT2D eigenvalue weighted by Gasteiger charge is 2.09. The monoisotopic (exact) mass is 562 g/mol. The van der Waals surface area contributed by atoms with Gasteiger partial charge < -0.3 is 21.3 Å². The van der Waals surface area contributed by atoms with Gasteiger partial charge in [-0.1, -0.05) is 72.8 Å². The van der Waals surface area contributed by atoms with E-state index in [0.29, 0.717) is 35.6 Å². The Hall–Kier alpha value is -5.24. The molecular formula is C34H34N4O4. The van der Waals surface area contributed by atoms with Gasteiger partial charge in [-0.3, -0.25) is 19.2 Å². The van der Waals surface area contributed by atoms with E-state index in [4.69, 9.17) is 0 Å². The zero-order valence-corrected chi connectivity index (χ0v) is 23.3. The molecule has 0 aliphatic heterocycles. The lowest BCUT2D eigenvalue weighted by Crippen LogP contribution is -2.16. The second-order valence-corrected chi connectivity index (χ2v) is 9.89. The number of hydrogen-bond acceptors (Lipinski definition) is 4. The van der Waals surface area contributed by atoms with Gasteiger partial charge in [0.25, 0.3) is 0 Å². The highest BCUT2D eigenvalue weighted by atomic mass is 16.2. The molecule has 0 spiro atoms. The molecule has 0 aliphatic carbocycles. The molecule has 0 fully saturated rings. The van der Waals surface area contributed by atoms with Crippen molar-refractivity contribution in [3.63, 3.8) is 0 Å². The second-order valence-electron chi connectivity index (χ2n) is 9.89. The van der Waals surface area contributed by atoms with Crippen LogP contribution in [0, 0.1) is 0 Å². The molecular weight excluding hydrogens is 528 g/mol. The minimum atomic E-state index is -0.165. The van der Waals surface area contributed by atoms with Gasteiger partial charge in [0, 0.05) is 35.6 Å². The van der Waals surface area contributed by atoms with E-state index in [1.54, 1.807) is 48.5 Å². The van der Waals surface area contributed by atoms with Crippen LogP contribution in [0.1, 0.15) is 36.8 Å². The van der Waals surface area contributed by atoms with Crippen molar-refractivity contribution in [3.05, 3.63) is 120 Å². The molecule has 4 N–H and O–H groups in total. The number of hydrogen-bond donors (Lipinski definition) is 4. The number of carbonyl (C=O) groups excluding carboxylic acids is 4. The molecule has 0 unspecified atom stereocenters. The fraction of sp³-hybridized carbons (Fsp3) is 0.176. The van der Waals surface area contributed by atoms with Crippen LogP contribution in [0.15, 0.2) is 109 Å². The maximum Gasteiger partial charge on any atom is 0.228 e. The van der Waals surface area contributed by atoms with Crippen molar-refractivity contribution in [3.8, 4) is 0 Å². The molecule has 0 saturated carbocycles. The summed E-state index contributed by atoms with van der Waals surface area (Å²) in [5, 5.41) is 11.4. The average Bonchev–Trinajstić information content (AvgIpc) is 2.96. The molecule has 0 heterocycles. The third-order valence-corrected chi connectivity index (χ3v) is 6.33. The summed E-state index contributed by atoms with van der Waals surface area (Å²) < 4.78 is 0. The third-order valence-electron chi connectivity index (χ3n) is 6.33. The van der Waals surface area contributed by atoms with Crippen LogP contribution in [-0.2, 0) is 32.0 Å². The summed E-state index contributed by atoms with van der Waals surface area (Å²) in [7, 11) is 0. The van der Waals surface area contributed by atoms with Crippen molar-refractivity contribution in [1.29, 1.82) is 0 Å². The third kappa shape index (κ3) is 10.4. The Labute approximate surface area is 245 Å². The van der Waals surface area contributed by atoms with Crippen LogP contribution in [0.3, 0.4) is 0 Å². The van der Waals surface area contributed by atoms with Crippen molar-refractivity contribution in [2.75, 3.05) is 21.3 Å². The fourth-order valence-electron chi connectivity index (χ4n) is 4.34. The van der Waals surface area contributed by atoms with Gasteiger partial charge in [-0.15, -0.1) is 0 Å². The van der Waals surface area contributed by atoms with Gasteiger partial charge in [0.2, 0.25) is 23.6 Å². The van der Waals surface area contributed by atoms with E-state index >= 15 is 0 Å². The Kier molecular flexibility index (Phi) is 11.0. The summed E-state index contributed by atoms with van der Waals surface area (Å²) in [5.74, 6) is -0.603.